The van der Waals surface area contributed by atoms with Crippen molar-refractivity contribution in [1.82, 2.24) is 0 Å². The molecule has 0 aromatic rings. The van der Waals surface area contributed by atoms with Crippen molar-refractivity contribution in [2.24, 2.45) is 0 Å². The van der Waals surface area contributed by atoms with E-state index in [4.69, 9.17) is 469 Å². The number of alkyl halides is 40. The largest absolute Gasteiger partial charge is 0.198 e. The van der Waals surface area contributed by atoms with Gasteiger partial charge in [-0.15, -0.1) is 464 Å². The molecule has 0 rings (SSSR count). The number of rotatable bonds is 1. The number of nitriles is 1. The van der Waals surface area contributed by atoms with Crippen LogP contribution in [0.15, 0.2) is 0 Å². The van der Waals surface area contributed by atoms with E-state index in [0.717, 1.165) is 0 Å². The lowest BCUT2D eigenvalue weighted by molar-refractivity contribution is 1.16. The summed E-state index contributed by atoms with van der Waals surface area (Å²) >= 11 is 191. The minimum absolute atomic E-state index is 0.194. The van der Waals surface area contributed by atoms with Crippen LogP contribution in [0.1, 0.15) is 6.42 Å². The van der Waals surface area contributed by atoms with Gasteiger partial charge in [0.25, 0.3) is 0 Å². The van der Waals surface area contributed by atoms with Crippen molar-refractivity contribution in [1.29, 1.82) is 5.26 Å². The van der Waals surface area contributed by atoms with Gasteiger partial charge >= 0.3 is 0 Å². The molecule has 0 fully saturated rings. The highest BCUT2D eigenvalue weighted by Crippen LogP contribution is 2.03. The summed E-state index contributed by atoms with van der Waals surface area (Å²) in [5, 5.41) is 11.5. The van der Waals surface area contributed by atoms with Crippen LogP contribution < -0.4 is 0 Å². The molecule has 0 bridgehead atoms. The molecule has 414 valence electrons. The van der Waals surface area contributed by atoms with Gasteiger partial charge in [0.15, 0.2) is 0 Å². The van der Waals surface area contributed by atoms with Gasteiger partial charge in [-0.1, -0.05) is 0 Å². The van der Waals surface area contributed by atoms with Crippen LogP contribution in [-0.4, -0.2) is 106 Å². The number of halogens is 40. The van der Waals surface area contributed by atoms with Crippen LogP contribution in [-0.2, 0) is 0 Å². The molecule has 0 spiro atoms. The number of nitrogens with zero attached hydrogens (tertiary/aromatic N) is 1. The van der Waals surface area contributed by atoms with Gasteiger partial charge in [0, 0.05) is 0 Å². The third-order valence-corrected chi connectivity index (χ3v) is 0.554. The second kappa shape index (κ2) is 308. The molecular weight excluding hydrogens is 1700 g/mol. The molecule has 0 aromatic carbocycles. The average Bonchev–Trinajstić information content (AvgIpc) is 3.15. The highest BCUT2D eigenvalue weighted by Gasteiger charge is 1.91. The number of hydrogen-bond donors (Lipinski definition) is 0. The molecule has 0 heterocycles. The normalized spacial score (nSPS) is 6.22. The maximum Gasteiger partial charge on any atom is 0.120 e. The van der Waals surface area contributed by atoms with Gasteiger partial charge in [-0.25, -0.2) is 0 Å². The van der Waals surface area contributed by atoms with Crippen LogP contribution in [0, 0.1) is 11.3 Å². The van der Waals surface area contributed by atoms with E-state index in [1.807, 2.05) is 0 Å². The first-order valence-corrected chi connectivity index (χ1v) is 32.8. The van der Waals surface area contributed by atoms with Gasteiger partial charge in [0.2, 0.25) is 0 Å². The van der Waals surface area contributed by atoms with Crippen molar-refractivity contribution < 1.29 is 0 Å². The van der Waals surface area contributed by atoms with Crippen molar-refractivity contribution in [3.63, 3.8) is 0 Å². The molecule has 0 aliphatic carbocycles. The SMILES string of the molecule is ClCCl.ClCCl.ClCCl.ClCCl.ClCCl.ClCCl.ClCCl.ClCCl.ClCCl.ClCCl.ClCCl.ClCCl.ClCCl.ClCCl.ClCCl.ClCCl.ClCCl.ClCCl.ClCCl.N#CCC(Cl)Cl. The van der Waals surface area contributed by atoms with E-state index in [1.54, 1.807) is 6.07 Å². The molecule has 0 radical (unpaired) electrons. The topological polar surface area (TPSA) is 23.8 Å². The van der Waals surface area contributed by atoms with Crippen molar-refractivity contribution in [3.8, 4) is 6.07 Å². The molecule has 0 saturated carbocycles. The Bertz CT molecular complexity index is 255. The smallest absolute Gasteiger partial charge is 0.120 e. The first-order chi connectivity index (χ1) is 29.6. The summed E-state index contributed by atoms with van der Waals surface area (Å²) in [6.07, 6.45) is 0.211. The predicted octanol–water partition coefficient (Wildman–Crippen LogP) is 28.7. The van der Waals surface area contributed by atoms with Crippen LogP contribution in [0.4, 0.5) is 0 Å². The molecule has 0 atom stereocenters. The molecule has 0 aliphatic rings. The third kappa shape index (κ3) is 1860. The van der Waals surface area contributed by atoms with E-state index < -0.39 is 4.84 Å². The summed E-state index contributed by atoms with van der Waals surface area (Å²) in [5.41, 5.74) is 0. The van der Waals surface area contributed by atoms with E-state index in [0.29, 0.717) is 0 Å². The molecule has 41 heteroatoms. The Hall–Kier alpha value is 11.1. The molecule has 0 unspecified atom stereocenters. The van der Waals surface area contributed by atoms with Crippen LogP contribution in [0.3, 0.4) is 0 Å². The second-order valence-electron chi connectivity index (χ2n) is 2.67. The third-order valence-electron chi connectivity index (χ3n) is 0.246. The Morgan fingerprint density at radius 3 is 0.238 bits per heavy atom. The zero-order valence-corrected chi connectivity index (χ0v) is 61.0. The van der Waals surface area contributed by atoms with Crippen molar-refractivity contribution in [2.45, 2.75) is 11.3 Å². The fourth-order valence-electron chi connectivity index (χ4n) is 0.0690. The van der Waals surface area contributed by atoms with Crippen molar-refractivity contribution in [3.05, 3.63) is 0 Å². The van der Waals surface area contributed by atoms with Crippen LogP contribution in [0.25, 0.3) is 0 Å². The van der Waals surface area contributed by atoms with Gasteiger partial charge in [0.05, 0.1) is 114 Å². The Morgan fingerprint density at radius 2 is 0.238 bits per heavy atom. The summed E-state index contributed by atoms with van der Waals surface area (Å²) in [7, 11) is 0. The van der Waals surface area contributed by atoms with Crippen molar-refractivity contribution >= 4 is 464 Å². The van der Waals surface area contributed by atoms with E-state index in [9.17, 15) is 0 Å². The minimum atomic E-state index is -0.519. The Kier molecular flexibility index (Phi) is 662. The molecule has 0 aliphatic heterocycles. The quantitative estimate of drug-likeness (QED) is 0.240. The van der Waals surface area contributed by atoms with Gasteiger partial charge in [0.1, 0.15) is 4.84 Å². The Morgan fingerprint density at radius 1 is 0.190 bits per heavy atom. The lowest BCUT2D eigenvalue weighted by atomic mass is 10.6. The first-order valence-electron chi connectivity index (χ1n) is 11.6. The van der Waals surface area contributed by atoms with E-state index in [1.165, 1.54) is 0 Å². The maximum atomic E-state index is 7.82. The lowest BCUT2D eigenvalue weighted by Gasteiger charge is -1.82. The van der Waals surface area contributed by atoms with Gasteiger partial charge in [-0.05, 0) is 0 Å². The molecule has 0 aromatic heterocycles. The summed E-state index contributed by atoms with van der Waals surface area (Å²) in [5.74, 6) is 0. The molecule has 0 N–H and O–H groups in total. The first kappa shape index (κ1) is 135. The zero-order chi connectivity index (χ0) is 56.4. The monoisotopic (exact) mass is 1720 g/mol. The average molecular weight is 1740 g/mol. The fraction of sp³-hybridized carbons (Fsp3) is 0.955. The van der Waals surface area contributed by atoms with Gasteiger partial charge in [-0.2, -0.15) is 5.26 Å². The highest BCUT2D eigenvalue weighted by molar-refractivity contribution is 6.46. The highest BCUT2D eigenvalue weighted by atomic mass is 35.6. The molecule has 0 amide bonds. The summed E-state index contributed by atoms with van der Waals surface area (Å²) in [6.45, 7) is 0. The lowest BCUT2D eigenvalue weighted by Crippen LogP contribution is -1.78. The minimum Gasteiger partial charge on any atom is -0.198 e. The zero-order valence-electron chi connectivity index (χ0n) is 30.8. The maximum absolute atomic E-state index is 7.82. The second-order valence-corrected chi connectivity index (χ2v) is 19.3. The summed E-state index contributed by atoms with van der Waals surface area (Å²) < 4.78 is 0. The molecule has 0 saturated heterocycles. The molecular formula is C22H41Cl40N. The standard InChI is InChI=1S/C3H3Cl2N.19CH2Cl2/c4-3(5)1-2-6;19*2-1-3/h3H,1H2;19*1H2. The summed E-state index contributed by atoms with van der Waals surface area (Å²) in [6, 6.07) is 1.80. The van der Waals surface area contributed by atoms with Gasteiger partial charge < -0.3 is 0 Å². The van der Waals surface area contributed by atoms with E-state index >= 15 is 0 Å². The van der Waals surface area contributed by atoms with Crippen LogP contribution in [0.2, 0.25) is 0 Å². The van der Waals surface area contributed by atoms with Crippen molar-refractivity contribution in [2.75, 3.05) is 101 Å². The predicted molar refractivity (Wildman–Crippen MR) is 341 cm³/mol. The molecule has 63 heavy (non-hydrogen) atoms. The Balaban J connectivity index is -0.0000000172. The van der Waals surface area contributed by atoms with Gasteiger partial charge in [-0.3, -0.25) is 0 Å². The van der Waals surface area contributed by atoms with E-state index in [-0.39, 0.29) is 108 Å². The molecule has 1 nitrogen and oxygen atoms in total. The van der Waals surface area contributed by atoms with Crippen LogP contribution in [0.5, 0.6) is 0 Å². The fourth-order valence-corrected chi connectivity index (χ4v) is 0.207. The Labute approximate surface area is 578 Å². The van der Waals surface area contributed by atoms with Crippen LogP contribution >= 0.6 is 464 Å². The summed E-state index contributed by atoms with van der Waals surface area (Å²) in [4.78, 5) is -0.519. The number of hydrogen-bond acceptors (Lipinski definition) is 1. The van der Waals surface area contributed by atoms with E-state index in [2.05, 4.69) is 0 Å².